The van der Waals surface area contributed by atoms with Crippen LogP contribution < -0.4 is 15.0 Å². The van der Waals surface area contributed by atoms with Crippen LogP contribution in [0.2, 0.25) is 10.0 Å². The smallest absolute Gasteiger partial charge is 0.265 e. The largest absolute Gasteiger partial charge is 0.479 e. The highest BCUT2D eigenvalue weighted by Crippen LogP contribution is 2.28. The molecule has 1 aliphatic heterocycles. The quantitative estimate of drug-likeness (QED) is 0.697. The van der Waals surface area contributed by atoms with Crippen LogP contribution in [-0.4, -0.2) is 57.2 Å². The van der Waals surface area contributed by atoms with E-state index in [9.17, 15) is 13.2 Å². The van der Waals surface area contributed by atoms with Crippen molar-refractivity contribution >= 4 is 50.5 Å². The normalized spacial score (nSPS) is 16.2. The van der Waals surface area contributed by atoms with Crippen molar-refractivity contribution in [2.45, 2.75) is 13.0 Å². The van der Waals surface area contributed by atoms with Gasteiger partial charge in [-0.3, -0.25) is 4.79 Å². The lowest BCUT2D eigenvalue weighted by Gasteiger charge is -2.34. The summed E-state index contributed by atoms with van der Waals surface area (Å²) in [6.07, 6.45) is 0.471. The SMILES string of the molecule is C[C@@H](Oc1ccc(Cl)cc1Cl)C(=O)Nc1ccc(N2CCN(S(C)(=O)=O)CC2)cc1. The molecule has 1 heterocycles. The van der Waals surface area contributed by atoms with Crippen molar-refractivity contribution in [1.82, 2.24) is 4.31 Å². The number of nitrogens with zero attached hydrogens (tertiary/aromatic N) is 2. The molecule has 2 aromatic carbocycles. The van der Waals surface area contributed by atoms with E-state index in [-0.39, 0.29) is 5.91 Å². The Kier molecular flexibility index (Phi) is 7.13. The Morgan fingerprint density at radius 1 is 1.07 bits per heavy atom. The number of hydrogen-bond acceptors (Lipinski definition) is 5. The van der Waals surface area contributed by atoms with Crippen LogP contribution in [0.5, 0.6) is 5.75 Å². The lowest BCUT2D eigenvalue weighted by atomic mass is 10.2. The van der Waals surface area contributed by atoms with Gasteiger partial charge in [0.2, 0.25) is 10.0 Å². The fourth-order valence-corrected chi connectivity index (χ4v) is 4.37. The van der Waals surface area contributed by atoms with Gasteiger partial charge in [0, 0.05) is 42.6 Å². The topological polar surface area (TPSA) is 79.0 Å². The monoisotopic (exact) mass is 471 g/mol. The van der Waals surface area contributed by atoms with Gasteiger partial charge in [-0.25, -0.2) is 8.42 Å². The van der Waals surface area contributed by atoms with Crippen LogP contribution >= 0.6 is 23.2 Å². The predicted molar refractivity (Wildman–Crippen MR) is 120 cm³/mol. The van der Waals surface area contributed by atoms with Crippen LogP contribution in [0.25, 0.3) is 0 Å². The summed E-state index contributed by atoms with van der Waals surface area (Å²) in [4.78, 5) is 14.5. The van der Waals surface area contributed by atoms with Crippen molar-refractivity contribution in [3.8, 4) is 5.75 Å². The fraction of sp³-hybridized carbons (Fsp3) is 0.350. The van der Waals surface area contributed by atoms with Gasteiger partial charge in [0.25, 0.3) is 5.91 Å². The molecule has 1 amide bonds. The fourth-order valence-electron chi connectivity index (χ4n) is 3.09. The summed E-state index contributed by atoms with van der Waals surface area (Å²) in [7, 11) is -3.15. The van der Waals surface area contributed by atoms with Crippen LogP contribution in [0.1, 0.15) is 6.92 Å². The van der Waals surface area contributed by atoms with Crippen molar-refractivity contribution in [2.75, 3.05) is 42.7 Å². The van der Waals surface area contributed by atoms with E-state index in [1.54, 1.807) is 37.3 Å². The number of amides is 1. The van der Waals surface area contributed by atoms with Crippen molar-refractivity contribution in [1.29, 1.82) is 0 Å². The molecule has 1 atom stereocenters. The number of piperazine rings is 1. The summed E-state index contributed by atoms with van der Waals surface area (Å²) in [5.41, 5.74) is 1.61. The lowest BCUT2D eigenvalue weighted by molar-refractivity contribution is -0.122. The van der Waals surface area contributed by atoms with Crippen molar-refractivity contribution in [2.24, 2.45) is 0 Å². The molecule has 0 saturated carbocycles. The highest BCUT2D eigenvalue weighted by atomic mass is 35.5. The van der Waals surface area contributed by atoms with Gasteiger partial charge in [0.15, 0.2) is 6.10 Å². The van der Waals surface area contributed by atoms with Gasteiger partial charge in [-0.15, -0.1) is 0 Å². The molecule has 2 aromatic rings. The highest BCUT2D eigenvalue weighted by molar-refractivity contribution is 7.88. The van der Waals surface area contributed by atoms with Gasteiger partial charge in [-0.1, -0.05) is 23.2 Å². The molecule has 1 aliphatic rings. The molecule has 3 rings (SSSR count). The maximum absolute atomic E-state index is 12.4. The zero-order chi connectivity index (χ0) is 21.9. The number of ether oxygens (including phenoxy) is 1. The first kappa shape index (κ1) is 22.7. The molecule has 1 saturated heterocycles. The Hall–Kier alpha value is -2.00. The van der Waals surface area contributed by atoms with Gasteiger partial charge in [0.05, 0.1) is 11.3 Å². The van der Waals surface area contributed by atoms with E-state index in [0.717, 1.165) is 5.69 Å². The van der Waals surface area contributed by atoms with Crippen molar-refractivity contribution in [3.63, 3.8) is 0 Å². The number of halogens is 2. The molecule has 0 bridgehead atoms. The standard InChI is InChI=1S/C20H23Cl2N3O4S/c1-14(29-19-8-3-15(21)13-18(19)22)20(26)23-16-4-6-17(7-5-16)24-9-11-25(12-10-24)30(2,27)28/h3-8,13-14H,9-12H2,1-2H3,(H,23,26)/t14-/m1/s1. The van der Waals surface area contributed by atoms with Crippen LogP contribution in [-0.2, 0) is 14.8 Å². The first-order valence-electron chi connectivity index (χ1n) is 9.36. The summed E-state index contributed by atoms with van der Waals surface area (Å²) in [6.45, 7) is 3.78. The molecule has 0 aliphatic carbocycles. The predicted octanol–water partition coefficient (Wildman–Crippen LogP) is 3.48. The van der Waals surface area contributed by atoms with Crippen LogP contribution in [0.3, 0.4) is 0 Å². The van der Waals surface area contributed by atoms with Crippen LogP contribution in [0, 0.1) is 0 Å². The maximum atomic E-state index is 12.4. The maximum Gasteiger partial charge on any atom is 0.265 e. The van der Waals surface area contributed by atoms with E-state index in [1.165, 1.54) is 10.6 Å². The minimum atomic E-state index is -3.15. The van der Waals surface area contributed by atoms with Gasteiger partial charge < -0.3 is 15.0 Å². The van der Waals surface area contributed by atoms with Crippen LogP contribution in [0.15, 0.2) is 42.5 Å². The average Bonchev–Trinajstić information content (AvgIpc) is 2.70. The van der Waals surface area contributed by atoms with Crippen LogP contribution in [0.4, 0.5) is 11.4 Å². The second-order valence-electron chi connectivity index (χ2n) is 7.02. The summed E-state index contributed by atoms with van der Waals surface area (Å²) in [6, 6.07) is 12.2. The minimum Gasteiger partial charge on any atom is -0.479 e. The number of benzene rings is 2. The molecular formula is C20H23Cl2N3O4S. The number of carbonyl (C=O) groups is 1. The number of hydrogen-bond donors (Lipinski definition) is 1. The van der Waals surface area contributed by atoms with E-state index in [0.29, 0.717) is 47.7 Å². The Morgan fingerprint density at radius 3 is 2.27 bits per heavy atom. The lowest BCUT2D eigenvalue weighted by Crippen LogP contribution is -2.48. The summed E-state index contributed by atoms with van der Waals surface area (Å²) < 4.78 is 30.4. The molecule has 0 spiro atoms. The third kappa shape index (κ3) is 5.78. The zero-order valence-corrected chi connectivity index (χ0v) is 19.0. The van der Waals surface area contributed by atoms with E-state index in [2.05, 4.69) is 10.2 Å². The highest BCUT2D eigenvalue weighted by Gasteiger charge is 2.23. The molecule has 0 radical (unpaired) electrons. The first-order chi connectivity index (χ1) is 14.1. The second kappa shape index (κ2) is 9.43. The Balaban J connectivity index is 1.55. The molecule has 0 unspecified atom stereocenters. The van der Waals surface area contributed by atoms with E-state index < -0.39 is 16.1 Å². The van der Waals surface area contributed by atoms with Gasteiger partial charge in [-0.2, -0.15) is 4.31 Å². The van der Waals surface area contributed by atoms with Gasteiger partial charge in [-0.05, 0) is 49.4 Å². The second-order valence-corrected chi connectivity index (χ2v) is 9.85. The Morgan fingerprint density at radius 2 is 1.70 bits per heavy atom. The van der Waals surface area contributed by atoms with Gasteiger partial charge >= 0.3 is 0 Å². The Bertz CT molecular complexity index is 1010. The van der Waals surface area contributed by atoms with Crippen molar-refractivity contribution < 1.29 is 17.9 Å². The molecule has 0 aromatic heterocycles. The summed E-state index contributed by atoms with van der Waals surface area (Å²) in [5.74, 6) is 0.0721. The number of rotatable bonds is 6. The van der Waals surface area contributed by atoms with Gasteiger partial charge in [0.1, 0.15) is 5.75 Å². The molecular weight excluding hydrogens is 449 g/mol. The molecule has 30 heavy (non-hydrogen) atoms. The Labute approximate surface area is 186 Å². The molecule has 1 N–H and O–H groups in total. The third-order valence-electron chi connectivity index (χ3n) is 4.77. The number of nitrogens with one attached hydrogen (secondary N) is 1. The number of sulfonamides is 1. The summed E-state index contributed by atoms with van der Waals surface area (Å²) in [5, 5.41) is 3.63. The number of carbonyl (C=O) groups excluding carboxylic acids is 1. The number of anilines is 2. The summed E-state index contributed by atoms with van der Waals surface area (Å²) >= 11 is 11.9. The molecule has 1 fully saturated rings. The molecule has 7 nitrogen and oxygen atoms in total. The minimum absolute atomic E-state index is 0.310. The van der Waals surface area contributed by atoms with Crippen molar-refractivity contribution in [3.05, 3.63) is 52.5 Å². The third-order valence-corrected chi connectivity index (χ3v) is 6.61. The molecule has 10 heteroatoms. The van der Waals surface area contributed by atoms with E-state index in [1.807, 2.05) is 12.1 Å². The first-order valence-corrected chi connectivity index (χ1v) is 12.0. The van der Waals surface area contributed by atoms with E-state index in [4.69, 9.17) is 27.9 Å². The zero-order valence-electron chi connectivity index (χ0n) is 16.6. The molecule has 162 valence electrons. The van der Waals surface area contributed by atoms with E-state index >= 15 is 0 Å². The average molecular weight is 472 g/mol.